The fourth-order valence-electron chi connectivity index (χ4n) is 1.16. The summed E-state index contributed by atoms with van der Waals surface area (Å²) in [6, 6.07) is 1.81. The largest absolute Gasteiger partial charge is 0.444 e. The zero-order valence-electron chi connectivity index (χ0n) is 10.5. The molecule has 0 saturated carbocycles. The zero-order valence-corrected chi connectivity index (χ0v) is 11.3. The van der Waals surface area contributed by atoms with E-state index in [2.05, 4.69) is 5.32 Å². The third-order valence-electron chi connectivity index (χ3n) is 1.84. The van der Waals surface area contributed by atoms with E-state index in [4.69, 9.17) is 4.74 Å². The maximum atomic E-state index is 11.7. The van der Waals surface area contributed by atoms with Crippen LogP contribution in [0.4, 0.5) is 4.79 Å². The molecule has 0 bridgehead atoms. The van der Waals surface area contributed by atoms with Crippen molar-refractivity contribution in [2.24, 2.45) is 0 Å². The number of carbonyl (C=O) groups is 2. The first kappa shape index (κ1) is 13.7. The molecule has 1 N–H and O–H groups in total. The molecule has 1 heterocycles. The van der Waals surface area contributed by atoms with Crippen LogP contribution in [-0.2, 0) is 4.74 Å². The van der Waals surface area contributed by atoms with Crippen LogP contribution < -0.4 is 5.32 Å². The molecule has 0 fully saturated rings. The van der Waals surface area contributed by atoms with Crippen LogP contribution in [0.25, 0.3) is 0 Å². The molecule has 0 atom stereocenters. The van der Waals surface area contributed by atoms with Gasteiger partial charge >= 0.3 is 6.09 Å². The van der Waals surface area contributed by atoms with Gasteiger partial charge in [-0.25, -0.2) is 4.79 Å². The van der Waals surface area contributed by atoms with Crippen molar-refractivity contribution < 1.29 is 14.3 Å². The van der Waals surface area contributed by atoms with Gasteiger partial charge in [0.25, 0.3) is 0 Å². The van der Waals surface area contributed by atoms with Gasteiger partial charge in [-0.3, -0.25) is 4.79 Å². The summed E-state index contributed by atoms with van der Waals surface area (Å²) in [5, 5.41) is 4.23. The molecule has 0 aliphatic heterocycles. The van der Waals surface area contributed by atoms with Crippen LogP contribution in [0.3, 0.4) is 0 Å². The second-order valence-electron chi connectivity index (χ2n) is 4.72. The van der Waals surface area contributed by atoms with Crippen molar-refractivity contribution in [3.63, 3.8) is 0 Å². The van der Waals surface area contributed by atoms with Crippen LogP contribution in [0.5, 0.6) is 0 Å². The second-order valence-corrected chi connectivity index (χ2v) is 5.84. The first-order chi connectivity index (χ1) is 7.78. The SMILES string of the molecule is Cc1cc(C(=O)CNC(=O)OC(C)(C)C)cs1. The summed E-state index contributed by atoms with van der Waals surface area (Å²) in [6.45, 7) is 7.22. The Balaban J connectivity index is 2.41. The van der Waals surface area contributed by atoms with E-state index in [1.165, 1.54) is 11.3 Å². The zero-order chi connectivity index (χ0) is 13.1. The monoisotopic (exact) mass is 255 g/mol. The first-order valence-electron chi connectivity index (χ1n) is 5.33. The number of nitrogens with one attached hydrogen (secondary N) is 1. The van der Waals surface area contributed by atoms with Crippen LogP contribution in [0.1, 0.15) is 36.0 Å². The number of carbonyl (C=O) groups excluding carboxylic acids is 2. The fourth-order valence-corrected chi connectivity index (χ4v) is 1.87. The number of hydrogen-bond acceptors (Lipinski definition) is 4. The van der Waals surface area contributed by atoms with Gasteiger partial charge in [0.1, 0.15) is 5.60 Å². The third kappa shape index (κ3) is 4.99. The number of thiophene rings is 1. The highest BCUT2D eigenvalue weighted by Crippen LogP contribution is 2.13. The van der Waals surface area contributed by atoms with Crippen LogP contribution in [0.15, 0.2) is 11.4 Å². The van der Waals surface area contributed by atoms with E-state index >= 15 is 0 Å². The van der Waals surface area contributed by atoms with Crippen LogP contribution in [0, 0.1) is 6.92 Å². The van der Waals surface area contributed by atoms with Gasteiger partial charge in [0, 0.05) is 15.8 Å². The number of amides is 1. The summed E-state index contributed by atoms with van der Waals surface area (Å²) >= 11 is 1.51. The van der Waals surface area contributed by atoms with E-state index in [1.54, 1.807) is 26.2 Å². The number of hydrogen-bond donors (Lipinski definition) is 1. The van der Waals surface area contributed by atoms with E-state index in [0.717, 1.165) is 4.88 Å². The highest BCUT2D eigenvalue weighted by Gasteiger charge is 2.17. The lowest BCUT2D eigenvalue weighted by atomic mass is 10.2. The molecule has 94 valence electrons. The average Bonchev–Trinajstić information content (AvgIpc) is 2.58. The van der Waals surface area contributed by atoms with Gasteiger partial charge in [-0.15, -0.1) is 11.3 Å². The van der Waals surface area contributed by atoms with Crippen molar-refractivity contribution in [3.05, 3.63) is 21.9 Å². The molecular formula is C12H17NO3S. The Hall–Kier alpha value is -1.36. The van der Waals surface area contributed by atoms with Crippen LogP contribution >= 0.6 is 11.3 Å². The van der Waals surface area contributed by atoms with Gasteiger partial charge in [-0.05, 0) is 33.8 Å². The van der Waals surface area contributed by atoms with Crippen molar-refractivity contribution in [2.75, 3.05) is 6.54 Å². The fraction of sp³-hybridized carbons (Fsp3) is 0.500. The molecule has 17 heavy (non-hydrogen) atoms. The topological polar surface area (TPSA) is 55.4 Å². The molecule has 0 radical (unpaired) electrons. The molecule has 1 aromatic heterocycles. The molecule has 1 aromatic rings. The molecule has 4 nitrogen and oxygen atoms in total. The summed E-state index contributed by atoms with van der Waals surface area (Å²) in [6.07, 6.45) is -0.571. The normalized spacial score (nSPS) is 11.1. The molecule has 0 aliphatic rings. The average molecular weight is 255 g/mol. The van der Waals surface area contributed by atoms with E-state index in [9.17, 15) is 9.59 Å². The molecular weight excluding hydrogens is 238 g/mol. The molecule has 0 aromatic carbocycles. The van der Waals surface area contributed by atoms with E-state index in [0.29, 0.717) is 5.56 Å². The van der Waals surface area contributed by atoms with Crippen molar-refractivity contribution in [1.82, 2.24) is 5.32 Å². The van der Waals surface area contributed by atoms with Gasteiger partial charge in [-0.1, -0.05) is 0 Å². The quantitative estimate of drug-likeness (QED) is 0.845. The number of ether oxygens (including phenoxy) is 1. The lowest BCUT2D eigenvalue weighted by molar-refractivity contribution is 0.0520. The molecule has 0 unspecified atom stereocenters. The summed E-state index contributed by atoms with van der Waals surface area (Å²) in [5.74, 6) is -0.111. The smallest absolute Gasteiger partial charge is 0.408 e. The Morgan fingerprint density at radius 3 is 2.53 bits per heavy atom. The highest BCUT2D eigenvalue weighted by molar-refractivity contribution is 7.10. The Labute approximate surface area is 105 Å². The van der Waals surface area contributed by atoms with Crippen LogP contribution in [0.2, 0.25) is 0 Å². The Kier molecular flexibility index (Phi) is 4.28. The van der Waals surface area contributed by atoms with Gasteiger partial charge in [0.15, 0.2) is 5.78 Å². The predicted molar refractivity (Wildman–Crippen MR) is 67.6 cm³/mol. The van der Waals surface area contributed by atoms with Gasteiger partial charge in [-0.2, -0.15) is 0 Å². The van der Waals surface area contributed by atoms with E-state index in [1.807, 2.05) is 13.0 Å². The second kappa shape index (κ2) is 5.31. The number of ketones is 1. The summed E-state index contributed by atoms with van der Waals surface area (Å²) in [5.41, 5.74) is 0.0788. The van der Waals surface area contributed by atoms with Crippen molar-refractivity contribution in [2.45, 2.75) is 33.3 Å². The van der Waals surface area contributed by atoms with Crippen molar-refractivity contribution >= 4 is 23.2 Å². The van der Waals surface area contributed by atoms with Gasteiger partial charge in [0.2, 0.25) is 0 Å². The summed E-state index contributed by atoms with van der Waals surface area (Å²) in [4.78, 5) is 24.1. The third-order valence-corrected chi connectivity index (χ3v) is 2.71. The molecule has 1 rings (SSSR count). The molecule has 1 amide bonds. The molecule has 0 saturated heterocycles. The minimum absolute atomic E-state index is 0.0366. The van der Waals surface area contributed by atoms with Crippen molar-refractivity contribution in [3.8, 4) is 0 Å². The van der Waals surface area contributed by atoms with E-state index < -0.39 is 11.7 Å². The predicted octanol–water partition coefficient (Wildman–Crippen LogP) is 2.76. The van der Waals surface area contributed by atoms with Gasteiger partial charge in [0.05, 0.1) is 6.54 Å². The molecule has 0 spiro atoms. The Morgan fingerprint density at radius 2 is 2.06 bits per heavy atom. The molecule has 5 heteroatoms. The number of alkyl carbamates (subject to hydrolysis) is 1. The Morgan fingerprint density at radius 1 is 1.41 bits per heavy atom. The van der Waals surface area contributed by atoms with E-state index in [-0.39, 0.29) is 12.3 Å². The number of aryl methyl sites for hydroxylation is 1. The maximum Gasteiger partial charge on any atom is 0.408 e. The highest BCUT2D eigenvalue weighted by atomic mass is 32.1. The maximum absolute atomic E-state index is 11.7. The van der Waals surface area contributed by atoms with Crippen molar-refractivity contribution in [1.29, 1.82) is 0 Å². The van der Waals surface area contributed by atoms with Gasteiger partial charge < -0.3 is 10.1 Å². The summed E-state index contributed by atoms with van der Waals surface area (Å²) < 4.78 is 5.03. The number of rotatable bonds is 3. The first-order valence-corrected chi connectivity index (χ1v) is 6.21. The lowest BCUT2D eigenvalue weighted by Crippen LogP contribution is -2.35. The molecule has 0 aliphatic carbocycles. The van der Waals surface area contributed by atoms with Crippen LogP contribution in [-0.4, -0.2) is 24.0 Å². The standard InChI is InChI=1S/C12H17NO3S/c1-8-5-9(7-17-8)10(14)6-13-11(15)16-12(2,3)4/h5,7H,6H2,1-4H3,(H,13,15). The number of Topliss-reactive ketones (excluding diaryl/α,β-unsaturated/α-hetero) is 1. The minimum atomic E-state index is -0.571. The Bertz CT molecular complexity index is 418. The summed E-state index contributed by atoms with van der Waals surface area (Å²) in [7, 11) is 0. The minimum Gasteiger partial charge on any atom is -0.444 e. The lowest BCUT2D eigenvalue weighted by Gasteiger charge is -2.19.